The predicted octanol–water partition coefficient (Wildman–Crippen LogP) is 2.78. The second kappa shape index (κ2) is 8.20. The van der Waals surface area contributed by atoms with Gasteiger partial charge in [0, 0.05) is 18.7 Å². The quantitative estimate of drug-likeness (QED) is 0.684. The van der Waals surface area contributed by atoms with Crippen molar-refractivity contribution in [3.63, 3.8) is 0 Å². The first-order valence-electron chi connectivity index (χ1n) is 6.30. The summed E-state index contributed by atoms with van der Waals surface area (Å²) in [4.78, 5) is 0. The highest BCUT2D eigenvalue weighted by molar-refractivity contribution is 5.23. The molecule has 1 aromatic carbocycles. The lowest BCUT2D eigenvalue weighted by atomic mass is 10.1. The Bertz CT molecular complexity index is 328. The van der Waals surface area contributed by atoms with Gasteiger partial charge in [0.2, 0.25) is 0 Å². The maximum Gasteiger partial charge on any atom is 0.127 e. The fourth-order valence-electron chi connectivity index (χ4n) is 1.78. The lowest BCUT2D eigenvalue weighted by molar-refractivity contribution is 0.282. The van der Waals surface area contributed by atoms with Crippen molar-refractivity contribution >= 4 is 0 Å². The first-order valence-corrected chi connectivity index (χ1v) is 6.30. The minimum Gasteiger partial charge on any atom is -0.396 e. The summed E-state index contributed by atoms with van der Waals surface area (Å²) in [7, 11) is 0. The van der Waals surface area contributed by atoms with E-state index in [4.69, 9.17) is 5.11 Å². The van der Waals surface area contributed by atoms with Gasteiger partial charge in [-0.05, 0) is 32.4 Å². The number of rotatable bonds is 8. The van der Waals surface area contributed by atoms with Crippen LogP contribution in [0.15, 0.2) is 18.2 Å². The smallest absolute Gasteiger partial charge is 0.127 e. The van der Waals surface area contributed by atoms with E-state index in [1.165, 1.54) is 6.07 Å². The predicted molar refractivity (Wildman–Crippen MR) is 68.4 cm³/mol. The van der Waals surface area contributed by atoms with Crippen molar-refractivity contribution in [2.75, 3.05) is 13.2 Å². The summed E-state index contributed by atoms with van der Waals surface area (Å²) in [6.45, 7) is 3.74. The van der Waals surface area contributed by atoms with Crippen LogP contribution in [0.2, 0.25) is 0 Å². The summed E-state index contributed by atoms with van der Waals surface area (Å²) >= 11 is 0. The number of aryl methyl sites for hydroxylation is 1. The lowest BCUT2D eigenvalue weighted by Gasteiger charge is -2.06. The molecule has 0 aliphatic heterocycles. The molecule has 17 heavy (non-hydrogen) atoms. The van der Waals surface area contributed by atoms with Gasteiger partial charge in [-0.3, -0.25) is 0 Å². The summed E-state index contributed by atoms with van der Waals surface area (Å²) in [5, 5.41) is 11.9. The first-order chi connectivity index (χ1) is 8.24. The Kier molecular flexibility index (Phi) is 6.82. The average Bonchev–Trinajstić information content (AvgIpc) is 2.32. The van der Waals surface area contributed by atoms with Crippen LogP contribution in [0.25, 0.3) is 0 Å². The maximum atomic E-state index is 13.4. The van der Waals surface area contributed by atoms with Gasteiger partial charge in [0.1, 0.15) is 5.82 Å². The van der Waals surface area contributed by atoms with E-state index in [0.717, 1.165) is 43.4 Å². The Morgan fingerprint density at radius 2 is 1.94 bits per heavy atom. The molecule has 0 bridgehead atoms. The molecule has 0 saturated carbocycles. The molecule has 0 aliphatic carbocycles. The third kappa shape index (κ3) is 5.80. The van der Waals surface area contributed by atoms with Crippen LogP contribution in [0.1, 0.15) is 36.8 Å². The Morgan fingerprint density at radius 1 is 1.18 bits per heavy atom. The number of hydrogen-bond donors (Lipinski definition) is 2. The molecular formula is C14H22FNO. The van der Waals surface area contributed by atoms with Crippen LogP contribution in [0.3, 0.4) is 0 Å². The Hall–Kier alpha value is -0.930. The van der Waals surface area contributed by atoms with Gasteiger partial charge in [-0.15, -0.1) is 0 Å². The van der Waals surface area contributed by atoms with Crippen LogP contribution >= 0.6 is 0 Å². The zero-order chi connectivity index (χ0) is 12.5. The maximum absolute atomic E-state index is 13.4. The van der Waals surface area contributed by atoms with Gasteiger partial charge in [0.15, 0.2) is 0 Å². The minimum atomic E-state index is -0.136. The van der Waals surface area contributed by atoms with E-state index >= 15 is 0 Å². The molecule has 96 valence electrons. The Balaban J connectivity index is 2.15. The van der Waals surface area contributed by atoms with Crippen molar-refractivity contribution in [3.8, 4) is 0 Å². The second-order valence-electron chi connectivity index (χ2n) is 4.41. The van der Waals surface area contributed by atoms with Gasteiger partial charge in [0.25, 0.3) is 0 Å². The molecule has 1 aromatic rings. The van der Waals surface area contributed by atoms with Crippen LogP contribution in [0.5, 0.6) is 0 Å². The molecule has 2 N–H and O–H groups in total. The number of halogens is 1. The Morgan fingerprint density at radius 3 is 2.71 bits per heavy atom. The highest BCUT2D eigenvalue weighted by Crippen LogP contribution is 2.09. The molecule has 1 rings (SSSR count). The van der Waals surface area contributed by atoms with Crippen molar-refractivity contribution in [1.82, 2.24) is 5.32 Å². The van der Waals surface area contributed by atoms with Crippen LogP contribution in [0, 0.1) is 12.7 Å². The number of nitrogens with one attached hydrogen (secondary N) is 1. The molecule has 0 aromatic heterocycles. The van der Waals surface area contributed by atoms with E-state index in [1.807, 2.05) is 13.0 Å². The molecule has 0 saturated heterocycles. The number of hydrogen-bond acceptors (Lipinski definition) is 2. The highest BCUT2D eigenvalue weighted by atomic mass is 19.1. The van der Waals surface area contributed by atoms with E-state index in [0.29, 0.717) is 6.54 Å². The van der Waals surface area contributed by atoms with Crippen molar-refractivity contribution in [3.05, 3.63) is 35.1 Å². The standard InChI is InChI=1S/C14H22FNO/c1-12-6-7-14(15)13(10-12)11-16-8-4-2-3-5-9-17/h6-7,10,16-17H,2-5,8-9,11H2,1H3. The van der Waals surface area contributed by atoms with E-state index in [-0.39, 0.29) is 12.4 Å². The first kappa shape index (κ1) is 14.1. The number of aliphatic hydroxyl groups excluding tert-OH is 1. The molecular weight excluding hydrogens is 217 g/mol. The van der Waals surface area contributed by atoms with Crippen molar-refractivity contribution in [1.29, 1.82) is 0 Å². The SMILES string of the molecule is Cc1ccc(F)c(CNCCCCCCO)c1. The minimum absolute atomic E-state index is 0.136. The van der Waals surface area contributed by atoms with E-state index in [1.54, 1.807) is 6.07 Å². The molecule has 0 spiro atoms. The fourth-order valence-corrected chi connectivity index (χ4v) is 1.78. The molecule has 3 heteroatoms. The van der Waals surface area contributed by atoms with Crippen LogP contribution in [-0.4, -0.2) is 18.3 Å². The zero-order valence-electron chi connectivity index (χ0n) is 10.5. The molecule has 0 heterocycles. The summed E-state index contributed by atoms with van der Waals surface area (Å²) in [5.41, 5.74) is 1.83. The van der Waals surface area contributed by atoms with Crippen molar-refractivity contribution in [2.24, 2.45) is 0 Å². The second-order valence-corrected chi connectivity index (χ2v) is 4.41. The molecule has 0 aliphatic rings. The molecule has 0 atom stereocenters. The van der Waals surface area contributed by atoms with E-state index < -0.39 is 0 Å². The summed E-state index contributed by atoms with van der Waals surface area (Å²) < 4.78 is 13.4. The third-order valence-electron chi connectivity index (χ3n) is 2.78. The fraction of sp³-hybridized carbons (Fsp3) is 0.571. The largest absolute Gasteiger partial charge is 0.396 e. The summed E-state index contributed by atoms with van der Waals surface area (Å²) in [6.07, 6.45) is 4.14. The highest BCUT2D eigenvalue weighted by Gasteiger charge is 2.01. The van der Waals surface area contributed by atoms with Gasteiger partial charge in [-0.1, -0.05) is 30.5 Å². The third-order valence-corrected chi connectivity index (χ3v) is 2.78. The molecule has 0 fully saturated rings. The van der Waals surface area contributed by atoms with Crippen molar-refractivity contribution < 1.29 is 9.50 Å². The lowest BCUT2D eigenvalue weighted by Crippen LogP contribution is -2.15. The summed E-state index contributed by atoms with van der Waals surface area (Å²) in [6, 6.07) is 5.19. The number of unbranched alkanes of at least 4 members (excludes halogenated alkanes) is 3. The van der Waals surface area contributed by atoms with Gasteiger partial charge >= 0.3 is 0 Å². The number of benzene rings is 1. The Labute approximate surface area is 103 Å². The number of aliphatic hydroxyl groups is 1. The van der Waals surface area contributed by atoms with E-state index in [9.17, 15) is 4.39 Å². The monoisotopic (exact) mass is 239 g/mol. The van der Waals surface area contributed by atoms with Crippen LogP contribution < -0.4 is 5.32 Å². The zero-order valence-corrected chi connectivity index (χ0v) is 10.5. The molecule has 2 nitrogen and oxygen atoms in total. The van der Waals surface area contributed by atoms with Crippen molar-refractivity contribution in [2.45, 2.75) is 39.2 Å². The van der Waals surface area contributed by atoms with Crippen LogP contribution in [-0.2, 0) is 6.54 Å². The van der Waals surface area contributed by atoms with Gasteiger partial charge in [-0.25, -0.2) is 4.39 Å². The molecule has 0 unspecified atom stereocenters. The molecule has 0 amide bonds. The topological polar surface area (TPSA) is 32.3 Å². The van der Waals surface area contributed by atoms with E-state index in [2.05, 4.69) is 5.32 Å². The van der Waals surface area contributed by atoms with Crippen LogP contribution in [0.4, 0.5) is 4.39 Å². The molecule has 0 radical (unpaired) electrons. The normalized spacial score (nSPS) is 10.8. The van der Waals surface area contributed by atoms with Gasteiger partial charge in [-0.2, -0.15) is 0 Å². The van der Waals surface area contributed by atoms with Gasteiger partial charge in [0.05, 0.1) is 0 Å². The average molecular weight is 239 g/mol. The summed E-state index contributed by atoms with van der Waals surface area (Å²) in [5.74, 6) is -0.136. The van der Waals surface area contributed by atoms with Gasteiger partial charge < -0.3 is 10.4 Å².